The maximum atomic E-state index is 9.04. The lowest BCUT2D eigenvalue weighted by molar-refractivity contribution is 0.277. The van der Waals surface area contributed by atoms with Gasteiger partial charge < -0.3 is 9.52 Å². The van der Waals surface area contributed by atoms with Crippen molar-refractivity contribution in [3.05, 3.63) is 35.8 Å². The predicted molar refractivity (Wildman–Crippen MR) is 56.9 cm³/mol. The molecule has 1 N–H and O–H groups in total. The molecule has 1 rings (SSSR count). The Morgan fingerprint density at radius 1 is 1.73 bits per heavy atom. The summed E-state index contributed by atoms with van der Waals surface area (Å²) in [6, 6.07) is 3.88. The Morgan fingerprint density at radius 2 is 2.47 bits per heavy atom. The highest BCUT2D eigenvalue weighted by atomic mass is 16.3. The van der Waals surface area contributed by atoms with E-state index < -0.39 is 0 Å². The maximum absolute atomic E-state index is 9.04. The zero-order chi connectivity index (χ0) is 11.3. The van der Waals surface area contributed by atoms with Crippen molar-refractivity contribution in [2.24, 2.45) is 5.92 Å². The van der Waals surface area contributed by atoms with Gasteiger partial charge in [0.15, 0.2) is 0 Å². The first-order valence-electron chi connectivity index (χ1n) is 4.87. The summed E-state index contributed by atoms with van der Waals surface area (Å²) in [5, 5.41) is 17.7. The van der Waals surface area contributed by atoms with Crippen LogP contribution in [-0.2, 0) is 13.0 Å². The molecule has 0 aliphatic rings. The van der Waals surface area contributed by atoms with Crippen molar-refractivity contribution in [2.45, 2.75) is 26.4 Å². The van der Waals surface area contributed by atoms with Gasteiger partial charge in [0.05, 0.1) is 18.9 Å². The molecule has 0 radical (unpaired) electrons. The smallest absolute Gasteiger partial charge is 0.109 e. The molecule has 1 atom stereocenters. The van der Waals surface area contributed by atoms with Gasteiger partial charge in [-0.15, -0.1) is 0 Å². The van der Waals surface area contributed by atoms with Crippen molar-refractivity contribution in [1.82, 2.24) is 0 Å². The number of furan rings is 1. The average Bonchev–Trinajstić information content (AvgIpc) is 2.64. The standard InChI is InChI=1S/C12H15NO2/c1-9(2)10(3-5-13)7-12-11(8-14)4-6-15-12/h4,6,10,14H,1,3,7-8H2,2H3/t10-/m0/s1. The molecule has 15 heavy (non-hydrogen) atoms. The molecule has 1 aromatic heterocycles. The number of hydrogen-bond acceptors (Lipinski definition) is 3. The van der Waals surface area contributed by atoms with Gasteiger partial charge in [0, 0.05) is 18.4 Å². The molecule has 0 fully saturated rings. The SMILES string of the molecule is C=C(C)[C@@H](CC#N)Cc1occc1CO. The Labute approximate surface area is 89.6 Å². The number of nitrogens with zero attached hydrogens (tertiary/aromatic N) is 1. The van der Waals surface area contributed by atoms with E-state index in [0.29, 0.717) is 12.8 Å². The predicted octanol–water partition coefficient (Wildman–Crippen LogP) is 2.42. The lowest BCUT2D eigenvalue weighted by atomic mass is 9.93. The number of aliphatic hydroxyl groups excluding tert-OH is 1. The van der Waals surface area contributed by atoms with Crippen LogP contribution in [0.4, 0.5) is 0 Å². The molecule has 1 aromatic rings. The largest absolute Gasteiger partial charge is 0.469 e. The molecule has 0 bridgehead atoms. The third-order valence-corrected chi connectivity index (χ3v) is 2.47. The van der Waals surface area contributed by atoms with Crippen molar-refractivity contribution in [3.8, 4) is 6.07 Å². The van der Waals surface area contributed by atoms with E-state index >= 15 is 0 Å². The van der Waals surface area contributed by atoms with E-state index in [9.17, 15) is 0 Å². The Bertz CT molecular complexity index is 373. The van der Waals surface area contributed by atoms with Gasteiger partial charge in [-0.3, -0.25) is 0 Å². The van der Waals surface area contributed by atoms with E-state index in [1.807, 2.05) is 6.92 Å². The summed E-state index contributed by atoms with van der Waals surface area (Å²) in [7, 11) is 0. The minimum atomic E-state index is -0.0265. The van der Waals surface area contributed by atoms with Crippen molar-refractivity contribution in [1.29, 1.82) is 5.26 Å². The Hall–Kier alpha value is -1.53. The molecular formula is C12H15NO2. The van der Waals surface area contributed by atoms with Crippen LogP contribution in [0.1, 0.15) is 24.7 Å². The molecule has 0 aliphatic carbocycles. The molecule has 1 heterocycles. The van der Waals surface area contributed by atoms with Gasteiger partial charge in [0.1, 0.15) is 5.76 Å². The van der Waals surface area contributed by atoms with Crippen LogP contribution in [0.15, 0.2) is 28.9 Å². The second-order valence-electron chi connectivity index (χ2n) is 3.64. The second-order valence-corrected chi connectivity index (χ2v) is 3.64. The fourth-order valence-corrected chi connectivity index (χ4v) is 1.44. The minimum absolute atomic E-state index is 0.0265. The van der Waals surface area contributed by atoms with Crippen LogP contribution in [0.3, 0.4) is 0 Å². The quantitative estimate of drug-likeness (QED) is 0.751. The van der Waals surface area contributed by atoms with Crippen molar-refractivity contribution >= 4 is 0 Å². The van der Waals surface area contributed by atoms with Crippen LogP contribution in [0.2, 0.25) is 0 Å². The first-order chi connectivity index (χ1) is 7.19. The van der Waals surface area contributed by atoms with E-state index in [1.165, 1.54) is 0 Å². The van der Waals surface area contributed by atoms with Gasteiger partial charge in [0.25, 0.3) is 0 Å². The molecule has 3 nitrogen and oxygen atoms in total. The normalized spacial score (nSPS) is 12.1. The maximum Gasteiger partial charge on any atom is 0.109 e. The van der Waals surface area contributed by atoms with E-state index in [4.69, 9.17) is 14.8 Å². The molecule has 3 heteroatoms. The number of hydrogen-bond donors (Lipinski definition) is 1. The van der Waals surface area contributed by atoms with Crippen LogP contribution < -0.4 is 0 Å². The van der Waals surface area contributed by atoms with Gasteiger partial charge in [-0.25, -0.2) is 0 Å². The molecule has 0 spiro atoms. The molecule has 0 aliphatic heterocycles. The lowest BCUT2D eigenvalue weighted by Gasteiger charge is -2.12. The number of nitriles is 1. The molecule has 0 unspecified atom stereocenters. The first-order valence-corrected chi connectivity index (χ1v) is 4.87. The molecule has 0 aromatic carbocycles. The highest BCUT2D eigenvalue weighted by molar-refractivity contribution is 5.18. The lowest BCUT2D eigenvalue weighted by Crippen LogP contribution is -2.05. The van der Waals surface area contributed by atoms with E-state index in [-0.39, 0.29) is 12.5 Å². The monoisotopic (exact) mass is 205 g/mol. The Morgan fingerprint density at radius 3 is 3.00 bits per heavy atom. The number of allylic oxidation sites excluding steroid dienone is 1. The van der Waals surface area contributed by atoms with Gasteiger partial charge in [0.2, 0.25) is 0 Å². The summed E-state index contributed by atoms with van der Waals surface area (Å²) in [6.07, 6.45) is 2.62. The third kappa shape index (κ3) is 2.97. The van der Waals surface area contributed by atoms with Gasteiger partial charge in [-0.2, -0.15) is 5.26 Å². The topological polar surface area (TPSA) is 57.2 Å². The number of aliphatic hydroxyl groups is 1. The summed E-state index contributed by atoms with van der Waals surface area (Å²) in [6.45, 7) is 5.73. The summed E-state index contributed by atoms with van der Waals surface area (Å²) >= 11 is 0. The van der Waals surface area contributed by atoms with Crippen LogP contribution >= 0.6 is 0 Å². The third-order valence-electron chi connectivity index (χ3n) is 2.47. The zero-order valence-electron chi connectivity index (χ0n) is 8.86. The zero-order valence-corrected chi connectivity index (χ0v) is 8.86. The molecule has 0 saturated heterocycles. The van der Waals surface area contributed by atoms with Crippen molar-refractivity contribution in [2.75, 3.05) is 0 Å². The molecule has 0 amide bonds. The van der Waals surface area contributed by atoms with Gasteiger partial charge in [-0.05, 0) is 18.9 Å². The molecular weight excluding hydrogens is 190 g/mol. The minimum Gasteiger partial charge on any atom is -0.469 e. The fraction of sp³-hybridized carbons (Fsp3) is 0.417. The highest BCUT2D eigenvalue weighted by Crippen LogP contribution is 2.22. The Kier molecular flexibility index (Phi) is 4.14. The molecule has 80 valence electrons. The average molecular weight is 205 g/mol. The van der Waals surface area contributed by atoms with E-state index in [0.717, 1.165) is 16.9 Å². The van der Waals surface area contributed by atoms with E-state index in [1.54, 1.807) is 12.3 Å². The second kappa shape index (κ2) is 5.38. The van der Waals surface area contributed by atoms with E-state index in [2.05, 4.69) is 12.6 Å². The highest BCUT2D eigenvalue weighted by Gasteiger charge is 2.14. The number of rotatable bonds is 5. The van der Waals surface area contributed by atoms with Crippen LogP contribution in [-0.4, -0.2) is 5.11 Å². The summed E-state index contributed by atoms with van der Waals surface area (Å²) < 4.78 is 5.27. The summed E-state index contributed by atoms with van der Waals surface area (Å²) in [5.74, 6) is 0.854. The van der Waals surface area contributed by atoms with Crippen LogP contribution in [0.25, 0.3) is 0 Å². The molecule has 0 saturated carbocycles. The van der Waals surface area contributed by atoms with Crippen molar-refractivity contribution < 1.29 is 9.52 Å². The van der Waals surface area contributed by atoms with Crippen molar-refractivity contribution in [3.63, 3.8) is 0 Å². The Balaban J connectivity index is 2.74. The van der Waals surface area contributed by atoms with Gasteiger partial charge >= 0.3 is 0 Å². The summed E-state index contributed by atoms with van der Waals surface area (Å²) in [4.78, 5) is 0. The first kappa shape index (κ1) is 11.5. The summed E-state index contributed by atoms with van der Waals surface area (Å²) in [5.41, 5.74) is 1.76. The van der Waals surface area contributed by atoms with Crippen LogP contribution in [0.5, 0.6) is 0 Å². The van der Waals surface area contributed by atoms with Crippen LogP contribution in [0, 0.1) is 17.2 Å². The fourth-order valence-electron chi connectivity index (χ4n) is 1.44. The van der Waals surface area contributed by atoms with Gasteiger partial charge in [-0.1, -0.05) is 12.2 Å².